The maximum absolute atomic E-state index is 14.5. The fraction of sp³-hybridized carbons (Fsp3) is 0.698. The van der Waals surface area contributed by atoms with Crippen molar-refractivity contribution in [1.29, 1.82) is 0 Å². The van der Waals surface area contributed by atoms with Crippen LogP contribution >= 0.6 is 0 Å². The van der Waals surface area contributed by atoms with Crippen LogP contribution in [-0.2, 0) is 18.9 Å². The average molecular weight is 903 g/mol. The average Bonchev–Trinajstić information content (AvgIpc) is 3.05. The highest BCUT2D eigenvalue weighted by molar-refractivity contribution is 6.06. The predicted octanol–water partition coefficient (Wildman–Crippen LogP) is 9.84. The van der Waals surface area contributed by atoms with Crippen LogP contribution in [0.25, 0.3) is 11.1 Å². The van der Waals surface area contributed by atoms with Crippen molar-refractivity contribution in [2.75, 3.05) is 0 Å². The largest absolute Gasteiger partial charge is 0.459 e. The van der Waals surface area contributed by atoms with Crippen LogP contribution in [0.4, 0.5) is 0 Å². The molecule has 0 aliphatic carbocycles. The molecule has 5 rings (SSSR count). The van der Waals surface area contributed by atoms with Crippen LogP contribution in [0.5, 0.6) is 0 Å². The number of esters is 4. The molecule has 3 aliphatic heterocycles. The van der Waals surface area contributed by atoms with Crippen molar-refractivity contribution in [1.82, 2.24) is 16.0 Å². The number of carbonyl (C=O) groups excluding carboxylic acids is 4. The van der Waals surface area contributed by atoms with E-state index in [1.165, 1.54) is 0 Å². The molecular weight excluding hydrogens is 821 g/mol. The van der Waals surface area contributed by atoms with Crippen LogP contribution < -0.4 is 21.7 Å². The number of piperidine rings is 3. The molecule has 0 spiro atoms. The Balaban J connectivity index is 1.58. The summed E-state index contributed by atoms with van der Waals surface area (Å²) in [6, 6.07) is 9.84. The molecule has 3 fully saturated rings. The van der Waals surface area contributed by atoms with Gasteiger partial charge in [-0.05, 0) is 144 Å². The van der Waals surface area contributed by atoms with Gasteiger partial charge in [-0.15, -0.1) is 0 Å². The molecule has 362 valence electrons. The molecule has 65 heavy (non-hydrogen) atoms. The molecule has 12 nitrogen and oxygen atoms in total. The number of rotatable bonds is 12. The summed E-state index contributed by atoms with van der Waals surface area (Å²) < 4.78 is 25.0. The summed E-state index contributed by atoms with van der Waals surface area (Å²) in [6.45, 7) is 35.0. The number of ether oxygens (including phenoxy) is 4. The van der Waals surface area contributed by atoms with E-state index in [2.05, 4.69) is 120 Å². The quantitative estimate of drug-likeness (QED) is 0.118. The number of nitrogens with one attached hydrogen (secondary N) is 3. The van der Waals surface area contributed by atoms with Crippen molar-refractivity contribution in [3.05, 3.63) is 58.7 Å². The smallest absolute Gasteiger partial charge is 0.339 e. The predicted molar refractivity (Wildman–Crippen MR) is 257 cm³/mol. The molecule has 0 radical (unpaired) electrons. The Morgan fingerprint density at radius 2 is 0.800 bits per heavy atom. The lowest BCUT2D eigenvalue weighted by atomic mass is 9.81. The van der Waals surface area contributed by atoms with Crippen LogP contribution in [0.3, 0.4) is 0 Å². The fourth-order valence-corrected chi connectivity index (χ4v) is 11.4. The lowest BCUT2D eigenvalue weighted by molar-refractivity contribution is -0.0106. The SMILES string of the molecule is CC(C)(C)CC(CC(C)(C)N)OC(=O)c1cc(-c2ccc(C(=O)OC3CC(C)(C)NC(C)(C)C3)c(C(=O)OC3CC(C)(C)NC(C)(C)C3)c2)ccc1C(=O)OC1CC(C)(C)NC(C)(C)C1. The zero-order valence-corrected chi connectivity index (χ0v) is 42.8. The number of benzene rings is 2. The highest BCUT2D eigenvalue weighted by atomic mass is 16.6. The van der Waals surface area contributed by atoms with Crippen LogP contribution in [0, 0.1) is 5.41 Å². The van der Waals surface area contributed by atoms with E-state index in [9.17, 15) is 19.2 Å². The second-order valence-electron chi connectivity index (χ2n) is 25.5. The van der Waals surface area contributed by atoms with Gasteiger partial charge in [-0.25, -0.2) is 19.2 Å². The van der Waals surface area contributed by atoms with Gasteiger partial charge in [0, 0.05) is 83.7 Å². The van der Waals surface area contributed by atoms with Gasteiger partial charge in [-0.2, -0.15) is 0 Å². The van der Waals surface area contributed by atoms with Crippen molar-refractivity contribution in [2.45, 2.75) is 232 Å². The Hall–Kier alpha value is -3.84. The molecule has 0 amide bonds. The Labute approximate surface area is 390 Å². The van der Waals surface area contributed by atoms with E-state index in [4.69, 9.17) is 24.7 Å². The van der Waals surface area contributed by atoms with Crippen molar-refractivity contribution in [2.24, 2.45) is 11.1 Å². The molecule has 3 saturated heterocycles. The third kappa shape index (κ3) is 15.1. The zero-order valence-electron chi connectivity index (χ0n) is 42.8. The summed E-state index contributed by atoms with van der Waals surface area (Å²) in [4.78, 5) is 57.5. The molecule has 0 aromatic heterocycles. The van der Waals surface area contributed by atoms with Gasteiger partial charge in [0.15, 0.2) is 0 Å². The molecule has 0 bridgehead atoms. The second-order valence-corrected chi connectivity index (χ2v) is 25.5. The third-order valence-corrected chi connectivity index (χ3v) is 12.4. The lowest BCUT2D eigenvalue weighted by Crippen LogP contribution is -2.59. The summed E-state index contributed by atoms with van der Waals surface area (Å²) in [5.41, 5.74) is 5.19. The van der Waals surface area contributed by atoms with Gasteiger partial charge < -0.3 is 40.6 Å². The molecule has 1 atom stereocenters. The van der Waals surface area contributed by atoms with E-state index in [1.807, 2.05) is 13.8 Å². The van der Waals surface area contributed by atoms with E-state index in [0.29, 0.717) is 62.5 Å². The Morgan fingerprint density at radius 3 is 1.09 bits per heavy atom. The standard InChI is InChI=1S/C53H82N4O8/c1-46(2,3)24-34(25-47(4,5)54)62-44(60)40-22-32(18-20-38(40)42(58)63-35-26-48(6,7)55-49(8,9)27-35)33-19-21-39(43(59)64-36-28-50(10,11)56-51(12,13)29-36)41(23-33)45(61)65-37-30-52(14,15)57-53(16,17)31-37/h18-23,34-37,55-57H,24-31,54H2,1-17H3. The van der Waals surface area contributed by atoms with Crippen LogP contribution in [0.15, 0.2) is 36.4 Å². The Morgan fingerprint density at radius 1 is 0.508 bits per heavy atom. The highest BCUT2D eigenvalue weighted by Gasteiger charge is 2.43. The van der Waals surface area contributed by atoms with E-state index < -0.39 is 53.8 Å². The van der Waals surface area contributed by atoms with E-state index in [0.717, 1.165) is 0 Å². The molecule has 5 N–H and O–H groups in total. The fourth-order valence-electron chi connectivity index (χ4n) is 11.4. The van der Waals surface area contributed by atoms with Gasteiger partial charge >= 0.3 is 23.9 Å². The third-order valence-electron chi connectivity index (χ3n) is 12.4. The van der Waals surface area contributed by atoms with Crippen molar-refractivity contribution in [3.8, 4) is 11.1 Å². The minimum atomic E-state index is -0.688. The molecule has 2 aromatic carbocycles. The van der Waals surface area contributed by atoms with E-state index in [1.54, 1.807) is 36.4 Å². The molecule has 3 heterocycles. The molecule has 12 heteroatoms. The summed E-state index contributed by atoms with van der Waals surface area (Å²) in [5, 5.41) is 10.9. The first-order valence-electron chi connectivity index (χ1n) is 23.7. The van der Waals surface area contributed by atoms with Crippen LogP contribution in [0.1, 0.15) is 211 Å². The van der Waals surface area contributed by atoms with Gasteiger partial charge in [0.2, 0.25) is 0 Å². The monoisotopic (exact) mass is 903 g/mol. The first-order valence-corrected chi connectivity index (χ1v) is 23.7. The molecule has 3 aliphatic rings. The van der Waals surface area contributed by atoms with Crippen molar-refractivity contribution >= 4 is 23.9 Å². The van der Waals surface area contributed by atoms with Crippen LogP contribution in [0.2, 0.25) is 0 Å². The Kier molecular flexibility index (Phi) is 14.7. The number of hydrogen-bond donors (Lipinski definition) is 4. The number of carbonyl (C=O) groups is 4. The Bertz CT molecular complexity index is 2040. The van der Waals surface area contributed by atoms with E-state index >= 15 is 0 Å². The van der Waals surface area contributed by atoms with Crippen LogP contribution in [-0.4, -0.2) is 87.1 Å². The van der Waals surface area contributed by atoms with Gasteiger partial charge in [0.1, 0.15) is 24.4 Å². The number of nitrogens with two attached hydrogens (primary N) is 1. The maximum Gasteiger partial charge on any atom is 0.339 e. The highest BCUT2D eigenvalue weighted by Crippen LogP contribution is 2.36. The maximum atomic E-state index is 14.5. The first kappa shape index (κ1) is 52.1. The number of hydrogen-bond acceptors (Lipinski definition) is 12. The summed E-state index contributed by atoms with van der Waals surface area (Å²) >= 11 is 0. The van der Waals surface area contributed by atoms with Gasteiger partial charge in [-0.1, -0.05) is 32.9 Å². The van der Waals surface area contributed by atoms with Gasteiger partial charge in [-0.3, -0.25) is 0 Å². The topological polar surface area (TPSA) is 167 Å². The summed E-state index contributed by atoms with van der Waals surface area (Å²) in [7, 11) is 0. The minimum absolute atomic E-state index is 0.0246. The lowest BCUT2D eigenvalue weighted by Gasteiger charge is -2.46. The second kappa shape index (κ2) is 18.3. The van der Waals surface area contributed by atoms with Crippen molar-refractivity contribution in [3.63, 3.8) is 0 Å². The summed E-state index contributed by atoms with van der Waals surface area (Å²) in [5.74, 6) is -2.59. The summed E-state index contributed by atoms with van der Waals surface area (Å²) in [6.07, 6.45) is 2.71. The normalized spacial score (nSPS) is 22.3. The van der Waals surface area contributed by atoms with Gasteiger partial charge in [0.25, 0.3) is 0 Å². The minimum Gasteiger partial charge on any atom is -0.459 e. The molecule has 2 aromatic rings. The van der Waals surface area contributed by atoms with E-state index in [-0.39, 0.29) is 60.9 Å². The molecule has 1 unspecified atom stereocenters. The molecular formula is C53H82N4O8. The van der Waals surface area contributed by atoms with Crippen molar-refractivity contribution < 1.29 is 38.1 Å². The first-order chi connectivity index (χ1) is 29.4. The molecule has 0 saturated carbocycles. The zero-order chi connectivity index (χ0) is 48.9. The van der Waals surface area contributed by atoms with Gasteiger partial charge in [0.05, 0.1) is 22.3 Å².